The number of carbonyl (C=O) groups is 4. The summed E-state index contributed by atoms with van der Waals surface area (Å²) in [5, 5.41) is 2.75. The maximum atomic E-state index is 12.3. The van der Waals surface area contributed by atoms with Crippen molar-refractivity contribution in [2.45, 2.75) is 39.7 Å². The zero-order chi connectivity index (χ0) is 19.3. The van der Waals surface area contributed by atoms with Crippen LogP contribution in [-0.4, -0.2) is 59.1 Å². The molecular formula is C19H25N3O4. The molecule has 2 rings (SSSR count). The summed E-state index contributed by atoms with van der Waals surface area (Å²) in [5.41, 5.74) is 0.814. The summed E-state index contributed by atoms with van der Waals surface area (Å²) in [5.74, 6) is -0.998. The molecule has 7 nitrogen and oxygen atoms in total. The Morgan fingerprint density at radius 2 is 1.69 bits per heavy atom. The predicted octanol–water partition coefficient (Wildman–Crippen LogP) is 1.44. The second-order valence-electron chi connectivity index (χ2n) is 6.54. The second kappa shape index (κ2) is 8.60. The first-order valence-electron chi connectivity index (χ1n) is 8.87. The lowest BCUT2D eigenvalue weighted by Crippen LogP contribution is -2.42. The van der Waals surface area contributed by atoms with Crippen LogP contribution in [0.1, 0.15) is 54.3 Å². The lowest BCUT2D eigenvalue weighted by Gasteiger charge is -2.21. The maximum absolute atomic E-state index is 12.3. The minimum absolute atomic E-state index is 0.0144. The highest BCUT2D eigenvalue weighted by Gasteiger charge is 2.34. The van der Waals surface area contributed by atoms with Crippen LogP contribution in [0.3, 0.4) is 0 Å². The summed E-state index contributed by atoms with van der Waals surface area (Å²) in [7, 11) is 0. The van der Waals surface area contributed by atoms with Crippen molar-refractivity contribution in [2.75, 3.05) is 19.6 Å². The standard InChI is InChI=1S/C19H25N3O4/c1-4-21(12-16(23)20-13(2)3)17(24)10-7-11-22-18(25)14-8-5-6-9-15(14)19(22)26/h5-6,8-9,13H,4,7,10-12H2,1-3H3,(H,20,23). The third-order valence-corrected chi connectivity index (χ3v) is 4.17. The van der Waals surface area contributed by atoms with E-state index in [-0.39, 0.29) is 49.2 Å². The van der Waals surface area contributed by atoms with Gasteiger partial charge in [-0.2, -0.15) is 0 Å². The van der Waals surface area contributed by atoms with Crippen LogP contribution in [0.2, 0.25) is 0 Å². The van der Waals surface area contributed by atoms with E-state index in [1.54, 1.807) is 24.3 Å². The Morgan fingerprint density at radius 3 is 2.19 bits per heavy atom. The van der Waals surface area contributed by atoms with Gasteiger partial charge in [-0.05, 0) is 39.3 Å². The zero-order valence-corrected chi connectivity index (χ0v) is 15.4. The summed E-state index contributed by atoms with van der Waals surface area (Å²) in [6.45, 7) is 6.16. The number of hydrogen-bond donors (Lipinski definition) is 1. The van der Waals surface area contributed by atoms with Crippen molar-refractivity contribution < 1.29 is 19.2 Å². The highest BCUT2D eigenvalue weighted by atomic mass is 16.2. The number of amides is 4. The Kier molecular flexibility index (Phi) is 6.49. The molecule has 1 aliphatic rings. The molecule has 0 unspecified atom stereocenters. The Morgan fingerprint density at radius 1 is 1.12 bits per heavy atom. The minimum atomic E-state index is -0.318. The largest absolute Gasteiger partial charge is 0.352 e. The number of nitrogens with zero attached hydrogens (tertiary/aromatic N) is 2. The van der Waals surface area contributed by atoms with Crippen LogP contribution in [0, 0.1) is 0 Å². The zero-order valence-electron chi connectivity index (χ0n) is 15.4. The molecule has 0 saturated heterocycles. The SMILES string of the molecule is CCN(CC(=O)NC(C)C)C(=O)CCCN1C(=O)c2ccccc2C1=O. The summed E-state index contributed by atoms with van der Waals surface area (Å²) < 4.78 is 0. The normalized spacial score (nSPS) is 13.2. The number of rotatable bonds is 8. The van der Waals surface area contributed by atoms with Crippen molar-refractivity contribution in [3.8, 4) is 0 Å². The second-order valence-corrected chi connectivity index (χ2v) is 6.54. The van der Waals surface area contributed by atoms with Gasteiger partial charge in [-0.15, -0.1) is 0 Å². The van der Waals surface area contributed by atoms with Gasteiger partial charge >= 0.3 is 0 Å². The lowest BCUT2D eigenvalue weighted by molar-refractivity contribution is -0.136. The van der Waals surface area contributed by atoms with E-state index in [9.17, 15) is 19.2 Å². The van der Waals surface area contributed by atoms with Crippen LogP contribution >= 0.6 is 0 Å². The van der Waals surface area contributed by atoms with Crippen molar-refractivity contribution >= 4 is 23.6 Å². The third-order valence-electron chi connectivity index (χ3n) is 4.17. The number of fused-ring (bicyclic) bond motifs is 1. The van der Waals surface area contributed by atoms with E-state index in [0.29, 0.717) is 24.1 Å². The van der Waals surface area contributed by atoms with Gasteiger partial charge in [0.2, 0.25) is 11.8 Å². The summed E-state index contributed by atoms with van der Waals surface area (Å²) in [4.78, 5) is 51.3. The van der Waals surface area contributed by atoms with Crippen LogP contribution in [0.15, 0.2) is 24.3 Å². The Hall–Kier alpha value is -2.70. The van der Waals surface area contributed by atoms with Gasteiger partial charge in [-0.1, -0.05) is 12.1 Å². The molecule has 1 aliphatic heterocycles. The van der Waals surface area contributed by atoms with Crippen molar-refractivity contribution in [3.05, 3.63) is 35.4 Å². The van der Waals surface area contributed by atoms with Crippen LogP contribution in [0.25, 0.3) is 0 Å². The quantitative estimate of drug-likeness (QED) is 0.712. The number of hydrogen-bond acceptors (Lipinski definition) is 4. The first kappa shape index (κ1) is 19.6. The molecule has 0 fully saturated rings. The average molecular weight is 359 g/mol. The molecule has 0 saturated carbocycles. The molecule has 140 valence electrons. The number of carbonyl (C=O) groups excluding carboxylic acids is 4. The van der Waals surface area contributed by atoms with Crippen molar-refractivity contribution in [1.29, 1.82) is 0 Å². The number of likely N-dealkylation sites (N-methyl/N-ethyl adjacent to an activating group) is 1. The molecule has 0 aromatic heterocycles. The molecule has 26 heavy (non-hydrogen) atoms. The fourth-order valence-electron chi connectivity index (χ4n) is 2.91. The predicted molar refractivity (Wildman–Crippen MR) is 96.6 cm³/mol. The first-order valence-corrected chi connectivity index (χ1v) is 8.87. The van der Waals surface area contributed by atoms with Gasteiger partial charge in [0.15, 0.2) is 0 Å². The molecular weight excluding hydrogens is 334 g/mol. The maximum Gasteiger partial charge on any atom is 0.261 e. The monoisotopic (exact) mass is 359 g/mol. The smallest absolute Gasteiger partial charge is 0.261 e. The van der Waals surface area contributed by atoms with E-state index in [4.69, 9.17) is 0 Å². The Bertz CT molecular complexity index is 679. The summed E-state index contributed by atoms with van der Waals surface area (Å²) >= 11 is 0. The molecule has 1 aromatic rings. The lowest BCUT2D eigenvalue weighted by atomic mass is 10.1. The van der Waals surface area contributed by atoms with E-state index in [0.717, 1.165) is 0 Å². The molecule has 0 spiro atoms. The number of imide groups is 1. The minimum Gasteiger partial charge on any atom is -0.352 e. The molecule has 0 radical (unpaired) electrons. The van der Waals surface area contributed by atoms with E-state index in [1.165, 1.54) is 9.80 Å². The van der Waals surface area contributed by atoms with E-state index in [2.05, 4.69) is 5.32 Å². The van der Waals surface area contributed by atoms with Crippen LogP contribution in [0.5, 0.6) is 0 Å². The van der Waals surface area contributed by atoms with Gasteiger partial charge in [0.05, 0.1) is 17.7 Å². The Balaban J connectivity index is 1.85. The van der Waals surface area contributed by atoms with E-state index >= 15 is 0 Å². The molecule has 0 aliphatic carbocycles. The molecule has 1 aromatic carbocycles. The highest BCUT2D eigenvalue weighted by molar-refractivity contribution is 6.21. The van der Waals surface area contributed by atoms with Gasteiger partial charge < -0.3 is 10.2 Å². The van der Waals surface area contributed by atoms with Crippen molar-refractivity contribution in [3.63, 3.8) is 0 Å². The summed E-state index contributed by atoms with van der Waals surface area (Å²) in [6, 6.07) is 6.72. The van der Waals surface area contributed by atoms with Crippen molar-refractivity contribution in [1.82, 2.24) is 15.1 Å². The molecule has 4 amide bonds. The van der Waals surface area contributed by atoms with Crippen LogP contribution in [0.4, 0.5) is 0 Å². The van der Waals surface area contributed by atoms with Gasteiger partial charge in [0.1, 0.15) is 0 Å². The van der Waals surface area contributed by atoms with E-state index in [1.807, 2.05) is 20.8 Å². The topological polar surface area (TPSA) is 86.8 Å². The third kappa shape index (κ3) is 4.47. The fourth-order valence-corrected chi connectivity index (χ4v) is 2.91. The number of benzene rings is 1. The number of nitrogens with one attached hydrogen (secondary N) is 1. The molecule has 0 atom stereocenters. The highest BCUT2D eigenvalue weighted by Crippen LogP contribution is 2.22. The van der Waals surface area contributed by atoms with Crippen molar-refractivity contribution in [2.24, 2.45) is 0 Å². The first-order chi connectivity index (χ1) is 12.3. The van der Waals surface area contributed by atoms with Gasteiger partial charge in [-0.25, -0.2) is 0 Å². The average Bonchev–Trinajstić information content (AvgIpc) is 2.84. The molecule has 1 heterocycles. The van der Waals surface area contributed by atoms with Crippen LogP contribution in [-0.2, 0) is 9.59 Å². The molecule has 7 heteroatoms. The van der Waals surface area contributed by atoms with Gasteiger partial charge in [0.25, 0.3) is 11.8 Å². The fraction of sp³-hybridized carbons (Fsp3) is 0.474. The molecule has 0 bridgehead atoms. The van der Waals surface area contributed by atoms with E-state index < -0.39 is 0 Å². The van der Waals surface area contributed by atoms with Gasteiger partial charge in [-0.3, -0.25) is 24.1 Å². The van der Waals surface area contributed by atoms with Gasteiger partial charge in [0, 0.05) is 25.6 Å². The van der Waals surface area contributed by atoms with Crippen LogP contribution < -0.4 is 5.32 Å². The summed E-state index contributed by atoms with van der Waals surface area (Å²) in [6.07, 6.45) is 0.544. The molecule has 1 N–H and O–H groups in total. The Labute approximate surface area is 153 Å².